The molecular formula is C15H18O. The van der Waals surface area contributed by atoms with Gasteiger partial charge in [0.2, 0.25) is 0 Å². The number of carbonyl (C=O) groups excluding carboxylic acids is 1. The zero-order valence-electron chi connectivity index (χ0n) is 10.2. The first kappa shape index (κ1) is 10.1. The van der Waals surface area contributed by atoms with Crippen LogP contribution < -0.4 is 0 Å². The highest BCUT2D eigenvalue weighted by Gasteiger charge is 2.55. The molecule has 2 aliphatic rings. The van der Waals surface area contributed by atoms with Crippen LogP contribution in [0.5, 0.6) is 0 Å². The van der Waals surface area contributed by atoms with Crippen LogP contribution in [0.4, 0.5) is 0 Å². The van der Waals surface area contributed by atoms with Crippen LogP contribution in [0.15, 0.2) is 18.2 Å². The molecule has 0 aromatic heterocycles. The van der Waals surface area contributed by atoms with Gasteiger partial charge in [0, 0.05) is 5.92 Å². The van der Waals surface area contributed by atoms with E-state index in [1.165, 1.54) is 16.7 Å². The van der Waals surface area contributed by atoms with Gasteiger partial charge in [0.1, 0.15) is 6.29 Å². The summed E-state index contributed by atoms with van der Waals surface area (Å²) in [6, 6.07) is 6.84. The molecule has 16 heavy (non-hydrogen) atoms. The topological polar surface area (TPSA) is 17.1 Å². The van der Waals surface area contributed by atoms with Gasteiger partial charge in [-0.2, -0.15) is 0 Å². The van der Waals surface area contributed by atoms with E-state index < -0.39 is 0 Å². The molecule has 1 aromatic carbocycles. The summed E-state index contributed by atoms with van der Waals surface area (Å²) in [6.07, 6.45) is 2.27. The standard InChI is InChI=1S/C15H18O/c1-15(2,3)10-4-5-11-9(6-10)7-12-13(8-16)14(11)12/h4-6,8,12-14H,7H2,1-3H3/t12-,13-,14-/m0/s1. The number of aldehydes is 1. The molecule has 0 amide bonds. The first-order valence-electron chi connectivity index (χ1n) is 6.11. The van der Waals surface area contributed by atoms with E-state index in [0.717, 1.165) is 12.7 Å². The van der Waals surface area contributed by atoms with Crippen molar-refractivity contribution in [3.05, 3.63) is 34.9 Å². The summed E-state index contributed by atoms with van der Waals surface area (Å²) < 4.78 is 0. The minimum atomic E-state index is 0.228. The second kappa shape index (κ2) is 2.97. The Bertz CT molecular complexity index is 453. The van der Waals surface area contributed by atoms with Gasteiger partial charge in [-0.25, -0.2) is 0 Å². The van der Waals surface area contributed by atoms with Crippen molar-refractivity contribution in [1.82, 2.24) is 0 Å². The maximum Gasteiger partial charge on any atom is 0.124 e. The molecule has 0 radical (unpaired) electrons. The number of rotatable bonds is 1. The Morgan fingerprint density at radius 1 is 1.31 bits per heavy atom. The van der Waals surface area contributed by atoms with Gasteiger partial charge in [-0.3, -0.25) is 0 Å². The van der Waals surface area contributed by atoms with Crippen LogP contribution in [0.1, 0.15) is 43.4 Å². The molecule has 1 saturated carbocycles. The Morgan fingerprint density at radius 3 is 2.69 bits per heavy atom. The first-order chi connectivity index (χ1) is 7.52. The van der Waals surface area contributed by atoms with Crippen molar-refractivity contribution >= 4 is 6.29 Å². The van der Waals surface area contributed by atoms with Gasteiger partial charge >= 0.3 is 0 Å². The molecular weight excluding hydrogens is 196 g/mol. The quantitative estimate of drug-likeness (QED) is 0.657. The van der Waals surface area contributed by atoms with Gasteiger partial charge in [-0.15, -0.1) is 0 Å². The van der Waals surface area contributed by atoms with Gasteiger partial charge < -0.3 is 4.79 Å². The zero-order chi connectivity index (χ0) is 11.5. The van der Waals surface area contributed by atoms with Gasteiger partial charge in [0.05, 0.1) is 0 Å². The lowest BCUT2D eigenvalue weighted by atomic mass is 9.85. The van der Waals surface area contributed by atoms with Crippen LogP contribution in [-0.4, -0.2) is 6.29 Å². The lowest BCUT2D eigenvalue weighted by molar-refractivity contribution is -0.109. The normalized spacial score (nSPS) is 30.8. The minimum Gasteiger partial charge on any atom is -0.303 e. The van der Waals surface area contributed by atoms with Crippen LogP contribution in [0.2, 0.25) is 0 Å². The molecule has 0 heterocycles. The summed E-state index contributed by atoms with van der Waals surface area (Å²) >= 11 is 0. The second-order valence-electron chi connectivity index (χ2n) is 6.27. The van der Waals surface area contributed by atoms with E-state index in [9.17, 15) is 4.79 Å². The highest BCUT2D eigenvalue weighted by Crippen LogP contribution is 2.60. The lowest BCUT2D eigenvalue weighted by Gasteiger charge is -2.20. The van der Waals surface area contributed by atoms with Crippen LogP contribution in [0.25, 0.3) is 0 Å². The maximum absolute atomic E-state index is 10.8. The highest BCUT2D eigenvalue weighted by molar-refractivity contribution is 5.66. The minimum absolute atomic E-state index is 0.228. The van der Waals surface area contributed by atoms with E-state index in [4.69, 9.17) is 0 Å². The molecule has 84 valence electrons. The predicted octanol–water partition coefficient (Wildman–Crippen LogP) is 3.07. The molecule has 1 heteroatoms. The third-order valence-electron chi connectivity index (χ3n) is 4.21. The molecule has 0 unspecified atom stereocenters. The average Bonchev–Trinajstić information content (AvgIpc) is 2.77. The summed E-state index contributed by atoms with van der Waals surface area (Å²) in [5, 5.41) is 0. The third-order valence-corrected chi connectivity index (χ3v) is 4.21. The Morgan fingerprint density at radius 2 is 2.06 bits per heavy atom. The molecule has 0 aliphatic heterocycles. The van der Waals surface area contributed by atoms with Crippen molar-refractivity contribution in [2.75, 3.05) is 0 Å². The van der Waals surface area contributed by atoms with Crippen LogP contribution >= 0.6 is 0 Å². The van der Waals surface area contributed by atoms with Crippen LogP contribution in [0, 0.1) is 11.8 Å². The van der Waals surface area contributed by atoms with E-state index in [1.807, 2.05) is 0 Å². The average molecular weight is 214 g/mol. The van der Waals surface area contributed by atoms with E-state index in [2.05, 4.69) is 39.0 Å². The van der Waals surface area contributed by atoms with Gasteiger partial charge in [0.25, 0.3) is 0 Å². The number of hydrogen-bond donors (Lipinski definition) is 0. The molecule has 1 nitrogen and oxygen atoms in total. The third kappa shape index (κ3) is 1.27. The van der Waals surface area contributed by atoms with Gasteiger partial charge in [-0.05, 0) is 40.4 Å². The summed E-state index contributed by atoms with van der Waals surface area (Å²) in [4.78, 5) is 10.8. The highest BCUT2D eigenvalue weighted by atomic mass is 16.1. The second-order valence-corrected chi connectivity index (χ2v) is 6.27. The molecule has 1 aromatic rings. The molecule has 0 N–H and O–H groups in total. The van der Waals surface area contributed by atoms with Crippen molar-refractivity contribution in [2.24, 2.45) is 11.8 Å². The van der Waals surface area contributed by atoms with Gasteiger partial charge in [0.15, 0.2) is 0 Å². The molecule has 1 fully saturated rings. The monoisotopic (exact) mass is 214 g/mol. The fourth-order valence-corrected chi connectivity index (χ4v) is 3.12. The Balaban J connectivity index is 1.97. The largest absolute Gasteiger partial charge is 0.303 e. The molecule has 0 spiro atoms. The Kier molecular flexibility index (Phi) is 1.87. The SMILES string of the molecule is CC(C)(C)c1ccc2c(c1)C[C@H]1[C@H](C=O)[C@@H]21. The Labute approximate surface area is 96.9 Å². The summed E-state index contributed by atoms with van der Waals surface area (Å²) in [5.41, 5.74) is 4.57. The van der Waals surface area contributed by atoms with Crippen molar-refractivity contribution in [1.29, 1.82) is 0 Å². The molecule has 3 atom stereocenters. The Hall–Kier alpha value is -1.11. The van der Waals surface area contributed by atoms with Crippen molar-refractivity contribution < 1.29 is 4.79 Å². The van der Waals surface area contributed by atoms with Crippen molar-refractivity contribution in [3.8, 4) is 0 Å². The number of hydrogen-bond acceptors (Lipinski definition) is 1. The van der Waals surface area contributed by atoms with Crippen LogP contribution in [-0.2, 0) is 16.6 Å². The van der Waals surface area contributed by atoms with Gasteiger partial charge in [-0.1, -0.05) is 39.0 Å². The van der Waals surface area contributed by atoms with E-state index >= 15 is 0 Å². The summed E-state index contributed by atoms with van der Waals surface area (Å²) in [7, 11) is 0. The lowest BCUT2D eigenvalue weighted by Crippen LogP contribution is -2.11. The van der Waals surface area contributed by atoms with E-state index in [1.54, 1.807) is 0 Å². The first-order valence-corrected chi connectivity index (χ1v) is 6.11. The summed E-state index contributed by atoms with van der Waals surface area (Å²) in [6.45, 7) is 6.75. The predicted molar refractivity (Wildman–Crippen MR) is 64.6 cm³/mol. The molecule has 0 bridgehead atoms. The number of benzene rings is 1. The van der Waals surface area contributed by atoms with Crippen molar-refractivity contribution in [2.45, 2.75) is 38.5 Å². The van der Waals surface area contributed by atoms with Crippen molar-refractivity contribution in [3.63, 3.8) is 0 Å². The molecule has 3 rings (SSSR count). The molecule has 2 aliphatic carbocycles. The van der Waals surface area contributed by atoms with E-state index in [0.29, 0.717) is 17.8 Å². The fraction of sp³-hybridized carbons (Fsp3) is 0.533. The number of fused-ring (bicyclic) bond motifs is 3. The van der Waals surface area contributed by atoms with E-state index in [-0.39, 0.29) is 5.41 Å². The zero-order valence-corrected chi connectivity index (χ0v) is 10.2. The smallest absolute Gasteiger partial charge is 0.124 e. The maximum atomic E-state index is 10.8. The van der Waals surface area contributed by atoms with Crippen LogP contribution in [0.3, 0.4) is 0 Å². The number of carbonyl (C=O) groups is 1. The fourth-order valence-electron chi connectivity index (χ4n) is 3.12. The molecule has 0 saturated heterocycles. The summed E-state index contributed by atoms with van der Waals surface area (Å²) in [5.74, 6) is 1.51.